The molecule has 0 aliphatic rings. The zero-order chi connectivity index (χ0) is 13.8. The molecule has 0 radical (unpaired) electrons. The maximum Gasteiger partial charge on any atom is 0.223 e. The van der Waals surface area contributed by atoms with E-state index in [9.17, 15) is 4.39 Å². The van der Waals surface area contributed by atoms with Crippen molar-refractivity contribution in [2.75, 3.05) is 11.9 Å². The minimum absolute atomic E-state index is 0.250. The van der Waals surface area contributed by atoms with Crippen LogP contribution in [-0.4, -0.2) is 16.5 Å². The van der Waals surface area contributed by atoms with Gasteiger partial charge in [-0.1, -0.05) is 13.0 Å². The van der Waals surface area contributed by atoms with Crippen molar-refractivity contribution >= 4 is 5.95 Å². The average Bonchev–Trinajstić information content (AvgIpc) is 2.38. The second kappa shape index (κ2) is 5.78. The molecule has 0 spiro atoms. The monoisotopic (exact) mass is 259 g/mol. The van der Waals surface area contributed by atoms with Gasteiger partial charge in [-0.3, -0.25) is 0 Å². The van der Waals surface area contributed by atoms with Crippen molar-refractivity contribution in [3.05, 3.63) is 41.3 Å². The second-order valence-corrected chi connectivity index (χ2v) is 4.60. The Labute approximate surface area is 112 Å². The fourth-order valence-electron chi connectivity index (χ4n) is 1.89. The van der Waals surface area contributed by atoms with Crippen molar-refractivity contribution in [1.82, 2.24) is 9.97 Å². The minimum Gasteiger partial charge on any atom is -0.354 e. The van der Waals surface area contributed by atoms with Gasteiger partial charge in [0.25, 0.3) is 0 Å². The maximum absolute atomic E-state index is 13.4. The third-order valence-corrected chi connectivity index (χ3v) is 2.86. The molecule has 2 rings (SSSR count). The van der Waals surface area contributed by atoms with Crippen LogP contribution in [0.1, 0.15) is 24.6 Å². The molecule has 0 unspecified atom stereocenters. The Bertz CT molecular complexity index is 582. The van der Waals surface area contributed by atoms with Gasteiger partial charge in [-0.05, 0) is 44.0 Å². The molecule has 1 aromatic heterocycles. The molecule has 0 amide bonds. The van der Waals surface area contributed by atoms with E-state index < -0.39 is 0 Å². The first-order valence-electron chi connectivity index (χ1n) is 6.46. The summed E-state index contributed by atoms with van der Waals surface area (Å²) in [5.74, 6) is 0.348. The van der Waals surface area contributed by atoms with Gasteiger partial charge in [-0.2, -0.15) is 0 Å². The summed E-state index contributed by atoms with van der Waals surface area (Å²) in [5.41, 5.74) is 3.43. The van der Waals surface area contributed by atoms with Crippen molar-refractivity contribution in [2.45, 2.75) is 27.2 Å². The van der Waals surface area contributed by atoms with Crippen molar-refractivity contribution in [3.63, 3.8) is 0 Å². The van der Waals surface area contributed by atoms with Crippen LogP contribution < -0.4 is 5.32 Å². The molecule has 1 N–H and O–H groups in total. The highest BCUT2D eigenvalue weighted by Gasteiger charge is 2.08. The predicted octanol–water partition coefficient (Wildman–Crippen LogP) is 3.72. The molecule has 100 valence electrons. The van der Waals surface area contributed by atoms with Gasteiger partial charge in [0.15, 0.2) is 0 Å². The van der Waals surface area contributed by atoms with Gasteiger partial charge < -0.3 is 5.32 Å². The summed E-state index contributed by atoms with van der Waals surface area (Å²) >= 11 is 0. The molecule has 0 saturated carbocycles. The highest BCUT2D eigenvalue weighted by molar-refractivity contribution is 5.64. The van der Waals surface area contributed by atoms with Gasteiger partial charge in [0.05, 0.1) is 5.69 Å². The van der Waals surface area contributed by atoms with Crippen molar-refractivity contribution in [2.24, 2.45) is 0 Å². The SMILES string of the molecule is CCCNc1nc(C)cc(-c2cc(F)ccc2C)n1. The zero-order valence-corrected chi connectivity index (χ0v) is 11.5. The summed E-state index contributed by atoms with van der Waals surface area (Å²) in [6.07, 6.45) is 1.01. The zero-order valence-electron chi connectivity index (χ0n) is 11.5. The van der Waals surface area contributed by atoms with Crippen LogP contribution in [0, 0.1) is 19.7 Å². The molecular weight excluding hydrogens is 241 g/mol. The molecule has 2 aromatic rings. The molecule has 0 atom stereocenters. The fraction of sp³-hybridized carbons (Fsp3) is 0.333. The Kier molecular flexibility index (Phi) is 4.10. The van der Waals surface area contributed by atoms with E-state index in [4.69, 9.17) is 0 Å². The summed E-state index contributed by atoms with van der Waals surface area (Å²) in [4.78, 5) is 8.79. The predicted molar refractivity (Wildman–Crippen MR) is 75.7 cm³/mol. The number of benzene rings is 1. The first kappa shape index (κ1) is 13.5. The van der Waals surface area contributed by atoms with Gasteiger partial charge in [-0.25, -0.2) is 14.4 Å². The minimum atomic E-state index is -0.250. The molecule has 0 bridgehead atoms. The molecule has 0 aliphatic heterocycles. The van der Waals surface area contributed by atoms with Crippen LogP contribution in [0.4, 0.5) is 10.3 Å². The Hall–Kier alpha value is -1.97. The summed E-state index contributed by atoms with van der Waals surface area (Å²) < 4.78 is 13.4. The lowest BCUT2D eigenvalue weighted by molar-refractivity contribution is 0.628. The number of nitrogens with one attached hydrogen (secondary N) is 1. The second-order valence-electron chi connectivity index (χ2n) is 4.60. The first-order chi connectivity index (χ1) is 9.10. The standard InChI is InChI=1S/C15H18FN3/c1-4-7-17-15-18-11(3)8-14(19-15)13-9-12(16)6-5-10(13)2/h5-6,8-9H,4,7H2,1-3H3,(H,17,18,19). The summed E-state index contributed by atoms with van der Waals surface area (Å²) in [6, 6.07) is 6.62. The summed E-state index contributed by atoms with van der Waals surface area (Å²) in [7, 11) is 0. The number of nitrogens with zero attached hydrogens (tertiary/aromatic N) is 2. The number of aryl methyl sites for hydroxylation is 2. The van der Waals surface area contributed by atoms with E-state index in [1.807, 2.05) is 19.9 Å². The third kappa shape index (κ3) is 3.28. The number of rotatable bonds is 4. The molecular formula is C15H18FN3. The van der Waals surface area contributed by atoms with E-state index in [-0.39, 0.29) is 5.82 Å². The highest BCUT2D eigenvalue weighted by atomic mass is 19.1. The molecule has 3 nitrogen and oxygen atoms in total. The molecule has 1 aromatic carbocycles. The third-order valence-electron chi connectivity index (χ3n) is 2.86. The number of halogens is 1. The van der Waals surface area contributed by atoms with E-state index >= 15 is 0 Å². The quantitative estimate of drug-likeness (QED) is 0.909. The lowest BCUT2D eigenvalue weighted by Gasteiger charge is -2.09. The smallest absolute Gasteiger partial charge is 0.223 e. The van der Waals surface area contributed by atoms with Crippen LogP contribution in [0.5, 0.6) is 0 Å². The van der Waals surface area contributed by atoms with Gasteiger partial charge >= 0.3 is 0 Å². The molecule has 0 aliphatic carbocycles. The fourth-order valence-corrected chi connectivity index (χ4v) is 1.89. The maximum atomic E-state index is 13.4. The number of hydrogen-bond donors (Lipinski definition) is 1. The lowest BCUT2D eigenvalue weighted by Crippen LogP contribution is -2.06. The van der Waals surface area contributed by atoms with Crippen LogP contribution in [0.2, 0.25) is 0 Å². The molecule has 1 heterocycles. The molecule has 0 fully saturated rings. The van der Waals surface area contributed by atoms with Crippen molar-refractivity contribution < 1.29 is 4.39 Å². The van der Waals surface area contributed by atoms with Crippen LogP contribution in [0.3, 0.4) is 0 Å². The molecule has 4 heteroatoms. The van der Waals surface area contributed by atoms with Crippen LogP contribution in [0.25, 0.3) is 11.3 Å². The van der Waals surface area contributed by atoms with Gasteiger partial charge in [0, 0.05) is 17.8 Å². The Balaban J connectivity index is 2.43. The van der Waals surface area contributed by atoms with Crippen LogP contribution in [-0.2, 0) is 0 Å². The van der Waals surface area contributed by atoms with Crippen molar-refractivity contribution in [3.8, 4) is 11.3 Å². The molecule has 0 saturated heterocycles. The number of aromatic nitrogens is 2. The Morgan fingerprint density at radius 1 is 1.16 bits per heavy atom. The van der Waals surface area contributed by atoms with Gasteiger partial charge in [0.2, 0.25) is 5.95 Å². The average molecular weight is 259 g/mol. The van der Waals surface area contributed by atoms with Crippen molar-refractivity contribution in [1.29, 1.82) is 0 Å². The van der Waals surface area contributed by atoms with Gasteiger partial charge in [0.1, 0.15) is 5.82 Å². The summed E-state index contributed by atoms with van der Waals surface area (Å²) in [5, 5.41) is 3.16. The summed E-state index contributed by atoms with van der Waals surface area (Å²) in [6.45, 7) is 6.77. The Morgan fingerprint density at radius 3 is 2.68 bits per heavy atom. The van der Waals surface area contributed by atoms with Crippen LogP contribution >= 0.6 is 0 Å². The van der Waals surface area contributed by atoms with Gasteiger partial charge in [-0.15, -0.1) is 0 Å². The van der Waals surface area contributed by atoms with Crippen LogP contribution in [0.15, 0.2) is 24.3 Å². The molecule has 19 heavy (non-hydrogen) atoms. The van der Waals surface area contributed by atoms with E-state index in [1.165, 1.54) is 12.1 Å². The van der Waals surface area contributed by atoms with E-state index in [0.29, 0.717) is 5.95 Å². The van der Waals surface area contributed by atoms with E-state index in [1.54, 1.807) is 6.07 Å². The Morgan fingerprint density at radius 2 is 1.95 bits per heavy atom. The van der Waals surface area contributed by atoms with E-state index in [0.717, 1.165) is 35.5 Å². The first-order valence-corrected chi connectivity index (χ1v) is 6.46. The topological polar surface area (TPSA) is 37.8 Å². The number of hydrogen-bond acceptors (Lipinski definition) is 3. The van der Waals surface area contributed by atoms with E-state index in [2.05, 4.69) is 22.2 Å². The number of anilines is 1. The highest BCUT2D eigenvalue weighted by Crippen LogP contribution is 2.24. The largest absolute Gasteiger partial charge is 0.354 e. The lowest BCUT2D eigenvalue weighted by atomic mass is 10.0. The normalized spacial score (nSPS) is 10.5.